The summed E-state index contributed by atoms with van der Waals surface area (Å²) < 4.78 is 11.1. The monoisotopic (exact) mass is 426 g/mol. The van der Waals surface area contributed by atoms with Crippen LogP contribution in [0.4, 0.5) is 5.82 Å². The van der Waals surface area contributed by atoms with Gasteiger partial charge in [-0.2, -0.15) is 4.98 Å². The second-order valence-electron chi connectivity index (χ2n) is 8.59. The number of carbonyl (C=O) groups excluding carboxylic acids is 1. The van der Waals surface area contributed by atoms with Crippen LogP contribution in [0.15, 0.2) is 22.9 Å². The minimum absolute atomic E-state index is 0.163. The van der Waals surface area contributed by atoms with Gasteiger partial charge in [0.2, 0.25) is 17.6 Å². The largest absolute Gasteiger partial charge is 0.378 e. The van der Waals surface area contributed by atoms with Gasteiger partial charge in [-0.05, 0) is 44.4 Å². The van der Waals surface area contributed by atoms with Crippen LogP contribution in [0.5, 0.6) is 0 Å². The summed E-state index contributed by atoms with van der Waals surface area (Å²) in [6.45, 7) is 7.57. The average Bonchev–Trinajstić information content (AvgIpc) is 3.50. The normalized spacial score (nSPS) is 23.5. The van der Waals surface area contributed by atoms with E-state index in [4.69, 9.17) is 14.2 Å². The highest BCUT2D eigenvalue weighted by atomic mass is 16.5. The van der Waals surface area contributed by atoms with Crippen molar-refractivity contribution in [3.8, 4) is 11.4 Å². The molecule has 31 heavy (non-hydrogen) atoms. The molecule has 0 bridgehead atoms. The molecule has 0 saturated carbocycles. The summed E-state index contributed by atoms with van der Waals surface area (Å²) in [7, 11) is 0. The maximum absolute atomic E-state index is 11.6. The molecule has 0 N–H and O–H groups in total. The molecule has 0 radical (unpaired) electrons. The van der Waals surface area contributed by atoms with Crippen LogP contribution in [0.2, 0.25) is 0 Å². The highest BCUT2D eigenvalue weighted by Gasteiger charge is 2.37. The Morgan fingerprint density at radius 3 is 2.58 bits per heavy atom. The van der Waals surface area contributed by atoms with E-state index < -0.39 is 0 Å². The molecule has 0 aliphatic carbocycles. The summed E-state index contributed by atoms with van der Waals surface area (Å²) in [6, 6.07) is 4.65. The molecule has 1 atom stereocenters. The van der Waals surface area contributed by atoms with Crippen molar-refractivity contribution in [2.45, 2.75) is 44.7 Å². The van der Waals surface area contributed by atoms with Crippen molar-refractivity contribution in [3.63, 3.8) is 0 Å². The third-order valence-corrected chi connectivity index (χ3v) is 6.74. The van der Waals surface area contributed by atoms with Crippen molar-refractivity contribution >= 4 is 11.7 Å². The first-order valence-electron chi connectivity index (χ1n) is 11.3. The molecule has 0 aromatic carbocycles. The van der Waals surface area contributed by atoms with Crippen LogP contribution < -0.4 is 4.90 Å². The minimum Gasteiger partial charge on any atom is -0.378 e. The standard InChI is InChI=1S/C22H30N6O3/c1-16(29)26-9-6-18(7-10-26)28-8-2-3-19(28)22-24-21(25-31-22)17-4-5-20(23-15-17)27-11-13-30-14-12-27/h4-5,15,18-19H,2-3,6-14H2,1H3. The van der Waals surface area contributed by atoms with Crippen molar-refractivity contribution in [2.24, 2.45) is 0 Å². The van der Waals surface area contributed by atoms with Gasteiger partial charge in [0, 0.05) is 50.9 Å². The summed E-state index contributed by atoms with van der Waals surface area (Å²) in [5.41, 5.74) is 0.867. The van der Waals surface area contributed by atoms with Gasteiger partial charge >= 0.3 is 0 Å². The Bertz CT molecular complexity index is 887. The summed E-state index contributed by atoms with van der Waals surface area (Å²) >= 11 is 0. The molecule has 1 amide bonds. The molecule has 0 spiro atoms. The molecule has 5 rings (SSSR count). The fourth-order valence-corrected chi connectivity index (χ4v) is 4.99. The number of hydrogen-bond donors (Lipinski definition) is 0. The van der Waals surface area contributed by atoms with Crippen LogP contribution in [-0.4, -0.2) is 82.8 Å². The fraction of sp³-hybridized carbons (Fsp3) is 0.636. The van der Waals surface area contributed by atoms with Crippen LogP contribution in [0.25, 0.3) is 11.4 Å². The third kappa shape index (κ3) is 4.29. The second-order valence-corrected chi connectivity index (χ2v) is 8.59. The van der Waals surface area contributed by atoms with E-state index in [1.54, 1.807) is 6.92 Å². The third-order valence-electron chi connectivity index (χ3n) is 6.74. The van der Waals surface area contributed by atoms with E-state index in [0.29, 0.717) is 17.8 Å². The van der Waals surface area contributed by atoms with Gasteiger partial charge in [0.15, 0.2) is 0 Å². The predicted octanol–water partition coefficient (Wildman–Crippen LogP) is 2.12. The fourth-order valence-electron chi connectivity index (χ4n) is 4.99. The van der Waals surface area contributed by atoms with Gasteiger partial charge in [0.25, 0.3) is 0 Å². The van der Waals surface area contributed by atoms with E-state index in [2.05, 4.69) is 19.9 Å². The molecular formula is C22H30N6O3. The van der Waals surface area contributed by atoms with Gasteiger partial charge in [-0.15, -0.1) is 0 Å². The van der Waals surface area contributed by atoms with Crippen LogP contribution in [0.3, 0.4) is 0 Å². The van der Waals surface area contributed by atoms with Gasteiger partial charge in [0.1, 0.15) is 5.82 Å². The highest BCUT2D eigenvalue weighted by molar-refractivity contribution is 5.73. The number of anilines is 1. The van der Waals surface area contributed by atoms with E-state index in [0.717, 1.165) is 83.0 Å². The lowest BCUT2D eigenvalue weighted by atomic mass is 10.0. The second kappa shape index (κ2) is 8.92. The Hall–Kier alpha value is -2.52. The number of piperidine rings is 1. The molecule has 3 aliphatic rings. The number of morpholine rings is 1. The van der Waals surface area contributed by atoms with E-state index in [-0.39, 0.29) is 11.9 Å². The first-order valence-corrected chi connectivity index (χ1v) is 11.3. The number of nitrogens with zero attached hydrogens (tertiary/aromatic N) is 6. The molecule has 3 aliphatic heterocycles. The summed E-state index contributed by atoms with van der Waals surface area (Å²) in [6.07, 6.45) is 5.99. The van der Waals surface area contributed by atoms with Crippen LogP contribution in [-0.2, 0) is 9.53 Å². The molecule has 9 heteroatoms. The number of aromatic nitrogens is 3. The zero-order valence-electron chi connectivity index (χ0n) is 18.1. The number of carbonyl (C=O) groups is 1. The van der Waals surface area contributed by atoms with Gasteiger partial charge in [-0.25, -0.2) is 4.98 Å². The Balaban J connectivity index is 1.26. The van der Waals surface area contributed by atoms with Gasteiger partial charge in [-0.3, -0.25) is 9.69 Å². The van der Waals surface area contributed by atoms with Crippen molar-refractivity contribution in [3.05, 3.63) is 24.2 Å². The number of rotatable bonds is 4. The number of pyridine rings is 1. The number of likely N-dealkylation sites (tertiary alicyclic amines) is 2. The van der Waals surface area contributed by atoms with Gasteiger partial charge in [0.05, 0.1) is 19.3 Å². The summed E-state index contributed by atoms with van der Waals surface area (Å²) in [5.74, 6) is 2.41. The lowest BCUT2D eigenvalue weighted by molar-refractivity contribution is -0.130. The maximum Gasteiger partial charge on any atom is 0.244 e. The van der Waals surface area contributed by atoms with Gasteiger partial charge < -0.3 is 19.1 Å². The Morgan fingerprint density at radius 2 is 1.87 bits per heavy atom. The zero-order valence-corrected chi connectivity index (χ0v) is 18.1. The van der Waals surface area contributed by atoms with E-state index in [9.17, 15) is 4.79 Å². The molecule has 166 valence electrons. The van der Waals surface area contributed by atoms with Crippen LogP contribution in [0, 0.1) is 0 Å². The van der Waals surface area contributed by atoms with E-state index in [1.807, 2.05) is 23.2 Å². The lowest BCUT2D eigenvalue weighted by Crippen LogP contribution is -2.46. The zero-order chi connectivity index (χ0) is 21.2. The Labute approximate surface area is 182 Å². The predicted molar refractivity (Wildman–Crippen MR) is 115 cm³/mol. The SMILES string of the molecule is CC(=O)N1CCC(N2CCCC2c2nc(-c3ccc(N4CCOCC4)nc3)no2)CC1. The maximum atomic E-state index is 11.6. The molecule has 2 aromatic heterocycles. The highest BCUT2D eigenvalue weighted by Crippen LogP contribution is 2.36. The summed E-state index contributed by atoms with van der Waals surface area (Å²) in [5, 5.41) is 4.25. The van der Waals surface area contributed by atoms with Crippen molar-refractivity contribution in [1.29, 1.82) is 0 Å². The molecule has 5 heterocycles. The van der Waals surface area contributed by atoms with Crippen LogP contribution in [0.1, 0.15) is 44.5 Å². The first-order chi connectivity index (χ1) is 15.2. The van der Waals surface area contributed by atoms with E-state index in [1.165, 1.54) is 0 Å². The number of hydrogen-bond acceptors (Lipinski definition) is 8. The number of amides is 1. The minimum atomic E-state index is 0.163. The van der Waals surface area contributed by atoms with Crippen molar-refractivity contribution in [2.75, 3.05) is 50.8 Å². The molecular weight excluding hydrogens is 396 g/mol. The Kier molecular flexibility index (Phi) is 5.87. The van der Waals surface area contributed by atoms with Crippen LogP contribution >= 0.6 is 0 Å². The quantitative estimate of drug-likeness (QED) is 0.735. The van der Waals surface area contributed by atoms with Crippen molar-refractivity contribution < 1.29 is 14.1 Å². The Morgan fingerprint density at radius 1 is 1.06 bits per heavy atom. The number of ether oxygens (including phenoxy) is 1. The van der Waals surface area contributed by atoms with E-state index >= 15 is 0 Å². The average molecular weight is 427 g/mol. The topological polar surface area (TPSA) is 87.8 Å². The summed E-state index contributed by atoms with van der Waals surface area (Å²) in [4.78, 5) is 27.6. The molecule has 9 nitrogen and oxygen atoms in total. The molecule has 1 unspecified atom stereocenters. The smallest absolute Gasteiger partial charge is 0.244 e. The molecule has 3 fully saturated rings. The van der Waals surface area contributed by atoms with Crippen molar-refractivity contribution in [1.82, 2.24) is 24.9 Å². The first kappa shape index (κ1) is 20.4. The lowest BCUT2D eigenvalue weighted by Gasteiger charge is -2.38. The van der Waals surface area contributed by atoms with Gasteiger partial charge in [-0.1, -0.05) is 5.16 Å². The molecule has 3 saturated heterocycles. The molecule has 2 aromatic rings.